The molecule has 1 aliphatic rings. The van der Waals surface area contributed by atoms with Gasteiger partial charge >= 0.3 is 0 Å². The molecule has 1 aliphatic carbocycles. The topological polar surface area (TPSA) is 0 Å². The molecule has 13 aromatic rings. The molecule has 0 aliphatic heterocycles. The van der Waals surface area contributed by atoms with Crippen molar-refractivity contribution in [2.45, 2.75) is 12.3 Å². The first-order chi connectivity index (χ1) is 36.6. The zero-order valence-corrected chi connectivity index (χ0v) is 41.3. The molecule has 14 rings (SSSR count). The molecule has 0 amide bonds. The average Bonchev–Trinajstić information content (AvgIpc) is 3.75. The van der Waals surface area contributed by atoms with Crippen molar-refractivity contribution in [1.29, 1.82) is 0 Å². The fourth-order valence-corrected chi connectivity index (χ4v) is 12.9. The molecule has 0 spiro atoms. The van der Waals surface area contributed by atoms with Crippen LogP contribution >= 0.6 is 0 Å². The van der Waals surface area contributed by atoms with Crippen LogP contribution in [0.25, 0.3) is 65.3 Å². The van der Waals surface area contributed by atoms with E-state index in [1.54, 1.807) is 0 Å². The second kappa shape index (κ2) is 18.0. The van der Waals surface area contributed by atoms with Crippen LogP contribution in [-0.2, 0) is 5.41 Å². The Morgan fingerprint density at radius 3 is 0.986 bits per heavy atom. The number of aryl methyl sites for hydroxylation is 1. The molecule has 74 heavy (non-hydrogen) atoms. The van der Waals surface area contributed by atoms with Crippen LogP contribution in [0.4, 0.5) is 0 Å². The molecule has 0 atom stereocenters. The van der Waals surface area contributed by atoms with E-state index in [0.29, 0.717) is 0 Å². The van der Waals surface area contributed by atoms with Gasteiger partial charge in [0.2, 0.25) is 13.4 Å². The van der Waals surface area contributed by atoms with Gasteiger partial charge in [-0.2, -0.15) is 0 Å². The third-order valence-electron chi connectivity index (χ3n) is 16.3. The maximum absolute atomic E-state index is 2.60. The first-order valence-corrected chi connectivity index (χ1v) is 26.0. The molecule has 0 unspecified atom stereocenters. The monoisotopic (exact) mass is 936 g/mol. The van der Waals surface area contributed by atoms with Gasteiger partial charge in [-0.05, 0) is 94.5 Å². The summed E-state index contributed by atoms with van der Waals surface area (Å²) in [5, 5.41) is 10.1. The Hall–Kier alpha value is -8.97. The van der Waals surface area contributed by atoms with E-state index in [0.717, 1.165) is 0 Å². The van der Waals surface area contributed by atoms with Crippen LogP contribution in [0.15, 0.2) is 285 Å². The Bertz CT molecular complexity index is 3880. The van der Waals surface area contributed by atoms with E-state index in [1.807, 2.05) is 0 Å². The molecular weight excluding hydrogens is 886 g/mol. The zero-order chi connectivity index (χ0) is 49.2. The number of hydrogen-bond donors (Lipinski definition) is 0. The lowest BCUT2D eigenvalue weighted by Crippen LogP contribution is -2.53. The summed E-state index contributed by atoms with van der Waals surface area (Å²) < 4.78 is 0. The van der Waals surface area contributed by atoms with Gasteiger partial charge in [-0.25, -0.2) is 0 Å². The smallest absolute Gasteiger partial charge is 0.0682 e. The summed E-state index contributed by atoms with van der Waals surface area (Å²) in [5.74, 6) is 0. The van der Waals surface area contributed by atoms with E-state index in [1.165, 1.54) is 126 Å². The molecule has 0 fully saturated rings. The van der Waals surface area contributed by atoms with Gasteiger partial charge in [-0.3, -0.25) is 0 Å². The third kappa shape index (κ3) is 7.08. The molecule has 0 nitrogen and oxygen atoms in total. The van der Waals surface area contributed by atoms with Crippen molar-refractivity contribution in [3.63, 3.8) is 0 Å². The summed E-state index contributed by atoms with van der Waals surface area (Å²) in [6.45, 7) is 2.08. The Morgan fingerprint density at radius 1 is 0.270 bits per heavy atom. The van der Waals surface area contributed by atoms with Gasteiger partial charge in [0.15, 0.2) is 0 Å². The fraction of sp³-hybridized carbons (Fsp3) is 0.0278. The largest absolute Gasteiger partial charge is 0.242 e. The standard InChI is InChI=1S/C72H50B2/c1-49-35-39-56(40-36-49)72(57-41-37-51(38-42-57)50-17-3-2-4-18-50)66-47-58(73(68-31-13-23-52-19-5-9-27-60(52)68)69-32-14-24-53-20-6-10-28-61(53)69)43-45-64(66)65-46-44-59(48-67(65)72)74(70-33-15-25-54-21-7-11-29-62(54)70)71-34-16-26-55-22-8-12-30-63(55)71/h2-48H,1H3. The lowest BCUT2D eigenvalue weighted by atomic mass is 9.35. The highest BCUT2D eigenvalue weighted by Crippen LogP contribution is 2.56. The van der Waals surface area contributed by atoms with E-state index in [9.17, 15) is 0 Å². The van der Waals surface area contributed by atoms with E-state index >= 15 is 0 Å². The van der Waals surface area contributed by atoms with Gasteiger partial charge in [0.1, 0.15) is 0 Å². The van der Waals surface area contributed by atoms with Gasteiger partial charge in [0.05, 0.1) is 5.41 Å². The molecule has 0 saturated heterocycles. The summed E-state index contributed by atoms with van der Waals surface area (Å²) in [4.78, 5) is 0. The van der Waals surface area contributed by atoms with Crippen LogP contribution < -0.4 is 32.8 Å². The van der Waals surface area contributed by atoms with Gasteiger partial charge in [0, 0.05) is 0 Å². The predicted molar refractivity (Wildman–Crippen MR) is 319 cm³/mol. The van der Waals surface area contributed by atoms with Gasteiger partial charge in [-0.15, -0.1) is 0 Å². The maximum Gasteiger partial charge on any atom is 0.242 e. The van der Waals surface area contributed by atoms with Crippen LogP contribution in [0.1, 0.15) is 27.8 Å². The van der Waals surface area contributed by atoms with Crippen molar-refractivity contribution >= 4 is 89.3 Å². The Kier molecular flexibility index (Phi) is 10.6. The quantitative estimate of drug-likeness (QED) is 0.127. The van der Waals surface area contributed by atoms with Crippen LogP contribution in [0, 0.1) is 6.92 Å². The summed E-state index contributed by atoms with van der Waals surface area (Å²) in [7, 11) is 0. The Labute approximate surface area is 434 Å². The molecule has 0 N–H and O–H groups in total. The first-order valence-electron chi connectivity index (χ1n) is 26.0. The first kappa shape index (κ1) is 43.8. The molecule has 0 heterocycles. The second-order valence-electron chi connectivity index (χ2n) is 20.3. The lowest BCUT2D eigenvalue weighted by Gasteiger charge is -2.35. The van der Waals surface area contributed by atoms with Gasteiger partial charge in [-0.1, -0.05) is 323 Å². The van der Waals surface area contributed by atoms with E-state index in [4.69, 9.17) is 0 Å². The van der Waals surface area contributed by atoms with Crippen molar-refractivity contribution in [1.82, 2.24) is 0 Å². The fourth-order valence-electron chi connectivity index (χ4n) is 12.9. The minimum atomic E-state index is -0.691. The summed E-state index contributed by atoms with van der Waals surface area (Å²) in [6, 6.07) is 108. The molecule has 0 aromatic heterocycles. The molecule has 2 heteroatoms. The number of hydrogen-bond acceptors (Lipinski definition) is 0. The van der Waals surface area contributed by atoms with Crippen molar-refractivity contribution in [2.75, 3.05) is 0 Å². The predicted octanol–water partition coefficient (Wildman–Crippen LogP) is 13.7. The summed E-state index contributed by atoms with van der Waals surface area (Å²) in [6.07, 6.45) is 0. The minimum absolute atomic E-state index is 0.0601. The van der Waals surface area contributed by atoms with Crippen LogP contribution in [0.5, 0.6) is 0 Å². The summed E-state index contributed by atoms with van der Waals surface area (Å²) >= 11 is 0. The van der Waals surface area contributed by atoms with E-state index in [-0.39, 0.29) is 13.4 Å². The zero-order valence-electron chi connectivity index (χ0n) is 41.3. The Balaban J connectivity index is 1.08. The molecule has 13 aromatic carbocycles. The minimum Gasteiger partial charge on any atom is -0.0682 e. The highest BCUT2D eigenvalue weighted by atomic mass is 14.5. The number of fused-ring (bicyclic) bond motifs is 7. The van der Waals surface area contributed by atoms with Crippen molar-refractivity contribution in [2.24, 2.45) is 0 Å². The van der Waals surface area contributed by atoms with E-state index in [2.05, 4.69) is 292 Å². The van der Waals surface area contributed by atoms with Gasteiger partial charge in [0.25, 0.3) is 0 Å². The summed E-state index contributed by atoms with van der Waals surface area (Å²) in [5.41, 5.74) is 18.4. The molecular formula is C72H50B2. The lowest BCUT2D eigenvalue weighted by molar-refractivity contribution is 0.769. The maximum atomic E-state index is 2.60. The SMILES string of the molecule is Cc1ccc(C2(c3ccc(-c4ccccc4)cc3)c3cc(B(c4cccc5ccccc45)c4cccc5ccccc45)ccc3-c3ccc(B(c4cccc5ccccc45)c4cccc5ccccc45)cc32)cc1. The molecule has 0 radical (unpaired) electrons. The van der Waals surface area contributed by atoms with E-state index < -0.39 is 5.41 Å². The second-order valence-corrected chi connectivity index (χ2v) is 20.3. The highest BCUT2D eigenvalue weighted by molar-refractivity contribution is 6.99. The van der Waals surface area contributed by atoms with Crippen LogP contribution in [-0.4, -0.2) is 13.4 Å². The third-order valence-corrected chi connectivity index (χ3v) is 16.3. The van der Waals surface area contributed by atoms with Gasteiger partial charge < -0.3 is 0 Å². The normalized spacial score (nSPS) is 12.5. The number of benzene rings is 13. The van der Waals surface area contributed by atoms with Crippen molar-refractivity contribution in [3.05, 3.63) is 313 Å². The number of rotatable bonds is 9. The average molecular weight is 937 g/mol. The molecule has 0 saturated carbocycles. The van der Waals surface area contributed by atoms with Crippen molar-refractivity contribution < 1.29 is 0 Å². The Morgan fingerprint density at radius 2 is 0.595 bits per heavy atom. The molecule has 0 bridgehead atoms. The molecule has 344 valence electrons. The van der Waals surface area contributed by atoms with Crippen LogP contribution in [0.3, 0.4) is 0 Å². The van der Waals surface area contributed by atoms with Crippen molar-refractivity contribution in [3.8, 4) is 22.3 Å². The van der Waals surface area contributed by atoms with Crippen LogP contribution in [0.2, 0.25) is 0 Å². The highest BCUT2D eigenvalue weighted by Gasteiger charge is 2.47.